The monoisotopic (exact) mass is 465 g/mol. The number of benzene rings is 2. The van der Waals surface area contributed by atoms with Crippen LogP contribution in [0.25, 0.3) is 0 Å². The second-order valence-corrected chi connectivity index (χ2v) is 9.67. The van der Waals surface area contributed by atoms with Gasteiger partial charge >= 0.3 is 0 Å². The molecule has 0 fully saturated rings. The average molecular weight is 466 g/mol. The van der Waals surface area contributed by atoms with E-state index in [1.807, 2.05) is 6.92 Å². The highest BCUT2D eigenvalue weighted by Crippen LogP contribution is 2.20. The molecule has 168 valence electrons. The zero-order valence-electron chi connectivity index (χ0n) is 18.1. The molecule has 0 aromatic heterocycles. The third kappa shape index (κ3) is 6.97. The Morgan fingerprint density at radius 3 is 2.32 bits per heavy atom. The minimum atomic E-state index is -3.73. The van der Waals surface area contributed by atoms with Gasteiger partial charge in [0.05, 0.1) is 11.9 Å². The lowest BCUT2D eigenvalue weighted by molar-refractivity contribution is -0.139. The first-order chi connectivity index (χ1) is 14.5. The molecule has 0 aliphatic carbocycles. The normalized spacial score (nSPS) is 12.2. The molecule has 1 atom stereocenters. The highest BCUT2D eigenvalue weighted by Gasteiger charge is 2.29. The Morgan fingerprint density at radius 2 is 1.77 bits per heavy atom. The Balaban J connectivity index is 2.37. The van der Waals surface area contributed by atoms with Crippen LogP contribution in [0.15, 0.2) is 48.5 Å². The van der Waals surface area contributed by atoms with Gasteiger partial charge in [-0.15, -0.1) is 0 Å². The first-order valence-electron chi connectivity index (χ1n) is 9.89. The molecule has 2 rings (SSSR count). The maximum absolute atomic E-state index is 13.3. The SMILES string of the molecule is CCNC(=O)[C@@H](C)N(Cc1cccc(Cl)c1)C(=O)CN(c1ccc(C)cc1)S(C)(=O)=O. The van der Waals surface area contributed by atoms with Gasteiger partial charge in [-0.2, -0.15) is 0 Å². The fraction of sp³-hybridized carbons (Fsp3) is 0.364. The van der Waals surface area contributed by atoms with Crippen molar-refractivity contribution in [1.82, 2.24) is 10.2 Å². The summed E-state index contributed by atoms with van der Waals surface area (Å²) in [6.07, 6.45) is 1.05. The van der Waals surface area contributed by atoms with Crippen LogP contribution in [0.3, 0.4) is 0 Å². The van der Waals surface area contributed by atoms with Crippen molar-refractivity contribution >= 4 is 39.1 Å². The van der Waals surface area contributed by atoms with Gasteiger partial charge in [-0.25, -0.2) is 8.42 Å². The molecule has 0 bridgehead atoms. The van der Waals surface area contributed by atoms with E-state index < -0.39 is 28.5 Å². The van der Waals surface area contributed by atoms with Crippen molar-refractivity contribution in [3.63, 3.8) is 0 Å². The molecule has 2 aromatic rings. The second kappa shape index (κ2) is 10.6. The van der Waals surface area contributed by atoms with Gasteiger partial charge in [0.25, 0.3) is 0 Å². The van der Waals surface area contributed by atoms with E-state index in [4.69, 9.17) is 11.6 Å². The van der Waals surface area contributed by atoms with E-state index in [0.717, 1.165) is 21.7 Å². The van der Waals surface area contributed by atoms with Crippen LogP contribution >= 0.6 is 11.6 Å². The number of aryl methyl sites for hydroxylation is 1. The minimum Gasteiger partial charge on any atom is -0.355 e. The van der Waals surface area contributed by atoms with Crippen molar-refractivity contribution in [2.75, 3.05) is 23.7 Å². The number of hydrogen-bond donors (Lipinski definition) is 1. The maximum atomic E-state index is 13.3. The molecule has 0 aliphatic heterocycles. The molecule has 2 aromatic carbocycles. The third-order valence-electron chi connectivity index (χ3n) is 4.76. The lowest BCUT2D eigenvalue weighted by Crippen LogP contribution is -2.51. The number of rotatable bonds is 9. The van der Waals surface area contributed by atoms with Crippen molar-refractivity contribution in [1.29, 1.82) is 0 Å². The van der Waals surface area contributed by atoms with Gasteiger partial charge in [-0.05, 0) is 50.6 Å². The molecule has 0 saturated heterocycles. The summed E-state index contributed by atoms with van der Waals surface area (Å²) in [5.41, 5.74) is 2.09. The predicted octanol–water partition coefficient (Wildman–Crippen LogP) is 2.97. The molecular formula is C22H28ClN3O4S. The number of carbonyl (C=O) groups excluding carboxylic acids is 2. The predicted molar refractivity (Wildman–Crippen MR) is 124 cm³/mol. The molecule has 0 radical (unpaired) electrons. The van der Waals surface area contributed by atoms with E-state index in [1.54, 1.807) is 62.4 Å². The molecule has 31 heavy (non-hydrogen) atoms. The number of nitrogens with zero attached hydrogens (tertiary/aromatic N) is 2. The van der Waals surface area contributed by atoms with Crippen molar-refractivity contribution < 1.29 is 18.0 Å². The third-order valence-corrected chi connectivity index (χ3v) is 6.14. The number of nitrogens with one attached hydrogen (secondary N) is 1. The topological polar surface area (TPSA) is 86.8 Å². The van der Waals surface area contributed by atoms with Crippen LogP contribution in [0.5, 0.6) is 0 Å². The van der Waals surface area contributed by atoms with Crippen LogP contribution in [-0.2, 0) is 26.2 Å². The number of halogens is 1. The Bertz CT molecular complexity index is 1030. The molecule has 7 nitrogen and oxygen atoms in total. The highest BCUT2D eigenvalue weighted by molar-refractivity contribution is 7.92. The fourth-order valence-electron chi connectivity index (χ4n) is 3.06. The summed E-state index contributed by atoms with van der Waals surface area (Å²) in [6, 6.07) is 13.0. The van der Waals surface area contributed by atoms with Gasteiger partial charge in [-0.1, -0.05) is 41.4 Å². The van der Waals surface area contributed by atoms with Crippen molar-refractivity contribution in [2.45, 2.75) is 33.4 Å². The van der Waals surface area contributed by atoms with Gasteiger partial charge in [-0.3, -0.25) is 13.9 Å². The Labute approximate surface area is 189 Å². The standard InChI is InChI=1S/C22H28ClN3O4S/c1-5-24-22(28)17(3)25(14-18-7-6-8-19(23)13-18)21(27)15-26(31(4,29)30)20-11-9-16(2)10-12-20/h6-13,17H,5,14-15H2,1-4H3,(H,24,28)/t17-/m1/s1. The van der Waals surface area contributed by atoms with Gasteiger partial charge in [0, 0.05) is 18.1 Å². The molecule has 9 heteroatoms. The summed E-state index contributed by atoms with van der Waals surface area (Å²) in [6.45, 7) is 5.40. The van der Waals surface area contributed by atoms with Crippen LogP contribution in [0.4, 0.5) is 5.69 Å². The van der Waals surface area contributed by atoms with E-state index >= 15 is 0 Å². The van der Waals surface area contributed by atoms with Gasteiger partial charge in [0.1, 0.15) is 12.6 Å². The van der Waals surface area contributed by atoms with Crippen molar-refractivity contribution in [2.24, 2.45) is 0 Å². The van der Waals surface area contributed by atoms with Crippen LogP contribution in [0, 0.1) is 6.92 Å². The Hall–Kier alpha value is -2.58. The summed E-state index contributed by atoms with van der Waals surface area (Å²) in [5.74, 6) is -0.816. The summed E-state index contributed by atoms with van der Waals surface area (Å²) in [5, 5.41) is 3.22. The first-order valence-corrected chi connectivity index (χ1v) is 12.1. The number of amides is 2. The summed E-state index contributed by atoms with van der Waals surface area (Å²) in [4.78, 5) is 27.1. The Morgan fingerprint density at radius 1 is 1.13 bits per heavy atom. The number of likely N-dealkylation sites (N-methyl/N-ethyl adjacent to an activating group) is 1. The molecular weight excluding hydrogens is 438 g/mol. The zero-order chi connectivity index (χ0) is 23.2. The molecule has 2 amide bonds. The van der Waals surface area contributed by atoms with Crippen LogP contribution in [0.2, 0.25) is 5.02 Å². The molecule has 0 unspecified atom stereocenters. The molecule has 1 N–H and O–H groups in total. The number of hydrogen-bond acceptors (Lipinski definition) is 4. The fourth-order valence-corrected chi connectivity index (χ4v) is 4.12. The largest absolute Gasteiger partial charge is 0.355 e. The summed E-state index contributed by atoms with van der Waals surface area (Å²) < 4.78 is 25.9. The van der Waals surface area contributed by atoms with Gasteiger partial charge in [0.15, 0.2) is 0 Å². The molecule has 0 saturated carbocycles. The number of sulfonamides is 1. The molecule has 0 aliphatic rings. The average Bonchev–Trinajstić information content (AvgIpc) is 2.70. The smallest absolute Gasteiger partial charge is 0.244 e. The first kappa shape index (κ1) is 24.7. The van der Waals surface area contributed by atoms with E-state index in [0.29, 0.717) is 17.3 Å². The van der Waals surface area contributed by atoms with E-state index in [-0.39, 0.29) is 12.5 Å². The summed E-state index contributed by atoms with van der Waals surface area (Å²) >= 11 is 6.07. The van der Waals surface area contributed by atoms with Gasteiger partial charge in [0.2, 0.25) is 21.8 Å². The van der Waals surface area contributed by atoms with Gasteiger partial charge < -0.3 is 10.2 Å². The number of anilines is 1. The summed E-state index contributed by atoms with van der Waals surface area (Å²) in [7, 11) is -3.73. The van der Waals surface area contributed by atoms with E-state index in [2.05, 4.69) is 5.32 Å². The van der Waals surface area contributed by atoms with Crippen molar-refractivity contribution in [3.05, 3.63) is 64.7 Å². The van der Waals surface area contributed by atoms with Crippen molar-refractivity contribution in [3.8, 4) is 0 Å². The maximum Gasteiger partial charge on any atom is 0.244 e. The highest BCUT2D eigenvalue weighted by atomic mass is 35.5. The van der Waals surface area contributed by atoms with Crippen LogP contribution in [0.1, 0.15) is 25.0 Å². The van der Waals surface area contributed by atoms with E-state index in [9.17, 15) is 18.0 Å². The number of carbonyl (C=O) groups is 2. The quantitative estimate of drug-likeness (QED) is 0.616. The minimum absolute atomic E-state index is 0.114. The van der Waals surface area contributed by atoms with Crippen LogP contribution in [-0.4, -0.2) is 50.5 Å². The Kier molecular flexibility index (Phi) is 8.47. The lowest BCUT2D eigenvalue weighted by atomic mass is 10.1. The molecule has 0 spiro atoms. The molecule has 0 heterocycles. The van der Waals surface area contributed by atoms with Crippen LogP contribution < -0.4 is 9.62 Å². The van der Waals surface area contributed by atoms with E-state index in [1.165, 1.54) is 4.90 Å². The lowest BCUT2D eigenvalue weighted by Gasteiger charge is -2.31. The second-order valence-electron chi connectivity index (χ2n) is 7.33. The zero-order valence-corrected chi connectivity index (χ0v) is 19.7.